The molecule has 2 heterocycles. The molecule has 0 atom stereocenters. The van der Waals surface area contributed by atoms with Gasteiger partial charge in [-0.2, -0.15) is 0 Å². The number of carbonyl (C=O) groups is 3. The van der Waals surface area contributed by atoms with Gasteiger partial charge in [0.1, 0.15) is 6.54 Å². The molecule has 0 unspecified atom stereocenters. The molecule has 1 saturated heterocycles. The first kappa shape index (κ1) is 25.8. The third kappa shape index (κ3) is 8.49. The fraction of sp³-hybridized carbons (Fsp3) is 0.478. The largest absolute Gasteiger partial charge is 0.383 e. The third-order valence-electron chi connectivity index (χ3n) is 5.20. The number of morpholine rings is 1. The molecule has 0 spiro atoms. The van der Waals surface area contributed by atoms with Crippen molar-refractivity contribution in [2.45, 2.75) is 6.42 Å². The molecule has 2 N–H and O–H groups in total. The number of hydrogen-bond donors (Lipinski definition) is 2. The lowest BCUT2D eigenvalue weighted by molar-refractivity contribution is -0.120. The Hall–Kier alpha value is -2.86. The Morgan fingerprint density at radius 1 is 1.18 bits per heavy atom. The minimum Gasteiger partial charge on any atom is -0.383 e. The Bertz CT molecular complexity index is 933. The molecule has 2 aromatic rings. The summed E-state index contributed by atoms with van der Waals surface area (Å²) in [5.74, 6) is -0.728. The molecular weight excluding hydrogens is 458 g/mol. The zero-order valence-electron chi connectivity index (χ0n) is 19.3. The average Bonchev–Trinajstić information content (AvgIpc) is 3.28. The van der Waals surface area contributed by atoms with Crippen molar-refractivity contribution in [3.05, 3.63) is 47.0 Å². The molecule has 3 rings (SSSR count). The summed E-state index contributed by atoms with van der Waals surface area (Å²) < 4.78 is 10.4. The van der Waals surface area contributed by atoms with Gasteiger partial charge in [-0.25, -0.2) is 4.98 Å². The number of nitrogens with zero attached hydrogens (tertiary/aromatic N) is 3. The zero-order chi connectivity index (χ0) is 24.2. The highest BCUT2D eigenvalue weighted by atomic mass is 32.1. The molecule has 1 aromatic carbocycles. The first-order valence-corrected chi connectivity index (χ1v) is 12.1. The van der Waals surface area contributed by atoms with Gasteiger partial charge in [0.05, 0.1) is 31.9 Å². The Labute approximate surface area is 203 Å². The van der Waals surface area contributed by atoms with Gasteiger partial charge in [-0.3, -0.25) is 19.3 Å². The van der Waals surface area contributed by atoms with Crippen LogP contribution in [0.5, 0.6) is 0 Å². The van der Waals surface area contributed by atoms with Gasteiger partial charge in [-0.1, -0.05) is 18.2 Å². The maximum absolute atomic E-state index is 12.8. The number of rotatable bonds is 12. The molecular formula is C23H31N5O5S. The minimum absolute atomic E-state index is 0.115. The van der Waals surface area contributed by atoms with Crippen LogP contribution in [0.15, 0.2) is 35.7 Å². The Kier molecular flexibility index (Phi) is 10.4. The third-order valence-corrected chi connectivity index (χ3v) is 6.01. The summed E-state index contributed by atoms with van der Waals surface area (Å²) in [4.78, 5) is 45.6. The van der Waals surface area contributed by atoms with E-state index >= 15 is 0 Å². The van der Waals surface area contributed by atoms with Crippen molar-refractivity contribution >= 4 is 34.2 Å². The highest BCUT2D eigenvalue weighted by Gasteiger charge is 2.19. The summed E-state index contributed by atoms with van der Waals surface area (Å²) >= 11 is 1.24. The molecule has 34 heavy (non-hydrogen) atoms. The fourth-order valence-corrected chi connectivity index (χ4v) is 4.13. The lowest BCUT2D eigenvalue weighted by atomic mass is 10.2. The van der Waals surface area contributed by atoms with Gasteiger partial charge >= 0.3 is 0 Å². The van der Waals surface area contributed by atoms with Crippen molar-refractivity contribution in [1.82, 2.24) is 20.1 Å². The molecule has 10 nitrogen and oxygen atoms in total. The summed E-state index contributed by atoms with van der Waals surface area (Å²) in [5, 5.41) is 7.75. The lowest BCUT2D eigenvalue weighted by Gasteiger charge is -2.26. The standard InChI is InChI=1S/C23H31N5O5S/c1-32-12-11-28(22(31)18-5-3-2-4-6-18)16-21(30)26-23-25-19(17-34-23)15-20(29)24-7-8-27-9-13-33-14-10-27/h2-6,17H,7-16H2,1H3,(H,24,29)(H,25,26,30). The Balaban J connectivity index is 1.45. The maximum Gasteiger partial charge on any atom is 0.254 e. The van der Waals surface area contributed by atoms with Gasteiger partial charge in [-0.05, 0) is 12.1 Å². The van der Waals surface area contributed by atoms with Crippen LogP contribution in [0.25, 0.3) is 0 Å². The molecule has 1 aliphatic heterocycles. The summed E-state index contributed by atoms with van der Waals surface area (Å²) in [6.45, 7) is 5.04. The van der Waals surface area contributed by atoms with Crippen molar-refractivity contribution < 1.29 is 23.9 Å². The Morgan fingerprint density at radius 3 is 2.68 bits per heavy atom. The van der Waals surface area contributed by atoms with E-state index in [0.29, 0.717) is 29.5 Å². The van der Waals surface area contributed by atoms with E-state index in [9.17, 15) is 14.4 Å². The molecule has 0 radical (unpaired) electrons. The van der Waals surface area contributed by atoms with Gasteiger partial charge in [0.15, 0.2) is 5.13 Å². The second kappa shape index (κ2) is 13.8. The van der Waals surface area contributed by atoms with Crippen LogP contribution in [0.3, 0.4) is 0 Å². The summed E-state index contributed by atoms with van der Waals surface area (Å²) in [6, 6.07) is 8.79. The van der Waals surface area contributed by atoms with Gasteiger partial charge in [0.25, 0.3) is 5.91 Å². The van der Waals surface area contributed by atoms with Crippen molar-refractivity contribution in [3.8, 4) is 0 Å². The smallest absolute Gasteiger partial charge is 0.254 e. The van der Waals surface area contributed by atoms with E-state index in [2.05, 4.69) is 20.5 Å². The molecule has 3 amide bonds. The quantitative estimate of drug-likeness (QED) is 0.455. The molecule has 184 valence electrons. The minimum atomic E-state index is -0.365. The van der Waals surface area contributed by atoms with Crippen LogP contribution in [0, 0.1) is 0 Å². The number of methoxy groups -OCH3 is 1. The van der Waals surface area contributed by atoms with E-state index in [1.807, 2.05) is 6.07 Å². The van der Waals surface area contributed by atoms with Crippen LogP contribution in [0.4, 0.5) is 5.13 Å². The van der Waals surface area contributed by atoms with Crippen molar-refractivity contribution in [1.29, 1.82) is 0 Å². The molecule has 1 fully saturated rings. The van der Waals surface area contributed by atoms with Crippen molar-refractivity contribution in [3.63, 3.8) is 0 Å². The first-order valence-electron chi connectivity index (χ1n) is 11.2. The molecule has 1 aromatic heterocycles. The monoisotopic (exact) mass is 489 g/mol. The second-order valence-corrected chi connectivity index (χ2v) is 8.62. The Morgan fingerprint density at radius 2 is 1.94 bits per heavy atom. The number of thiazole rings is 1. The van der Waals surface area contributed by atoms with Crippen molar-refractivity contribution in [2.75, 3.05) is 71.5 Å². The van der Waals surface area contributed by atoms with Gasteiger partial charge in [0.2, 0.25) is 11.8 Å². The number of aromatic nitrogens is 1. The number of hydrogen-bond acceptors (Lipinski definition) is 8. The normalized spacial score (nSPS) is 13.9. The summed E-state index contributed by atoms with van der Waals surface area (Å²) in [7, 11) is 1.54. The molecule has 11 heteroatoms. The van der Waals surface area contributed by atoms with Crippen LogP contribution in [-0.4, -0.2) is 98.7 Å². The number of ether oxygens (including phenoxy) is 2. The van der Waals surface area contributed by atoms with Crippen LogP contribution < -0.4 is 10.6 Å². The highest BCUT2D eigenvalue weighted by molar-refractivity contribution is 7.13. The van der Waals surface area contributed by atoms with E-state index in [4.69, 9.17) is 9.47 Å². The number of benzene rings is 1. The van der Waals surface area contributed by atoms with Gasteiger partial charge in [-0.15, -0.1) is 11.3 Å². The maximum atomic E-state index is 12.8. The number of anilines is 1. The number of carbonyl (C=O) groups excluding carboxylic acids is 3. The second-order valence-electron chi connectivity index (χ2n) is 7.76. The van der Waals surface area contributed by atoms with Gasteiger partial charge in [0, 0.05) is 50.8 Å². The average molecular weight is 490 g/mol. The van der Waals surface area contributed by atoms with E-state index in [-0.39, 0.29) is 37.2 Å². The molecule has 0 saturated carbocycles. The zero-order valence-corrected chi connectivity index (χ0v) is 20.1. The van der Waals surface area contributed by atoms with E-state index in [1.54, 1.807) is 36.8 Å². The number of amides is 3. The lowest BCUT2D eigenvalue weighted by Crippen LogP contribution is -2.41. The van der Waals surface area contributed by atoms with E-state index in [0.717, 1.165) is 32.8 Å². The number of nitrogens with one attached hydrogen (secondary N) is 2. The van der Waals surface area contributed by atoms with Gasteiger partial charge < -0.3 is 25.0 Å². The van der Waals surface area contributed by atoms with Crippen LogP contribution >= 0.6 is 11.3 Å². The van der Waals surface area contributed by atoms with Crippen LogP contribution in [-0.2, 0) is 25.5 Å². The molecule has 0 aliphatic carbocycles. The first-order chi connectivity index (χ1) is 16.5. The van der Waals surface area contributed by atoms with E-state index < -0.39 is 0 Å². The summed E-state index contributed by atoms with van der Waals surface area (Å²) in [5.41, 5.74) is 1.09. The molecule has 1 aliphatic rings. The highest BCUT2D eigenvalue weighted by Crippen LogP contribution is 2.16. The van der Waals surface area contributed by atoms with Crippen molar-refractivity contribution in [2.24, 2.45) is 0 Å². The predicted molar refractivity (Wildman–Crippen MR) is 129 cm³/mol. The fourth-order valence-electron chi connectivity index (χ4n) is 3.40. The molecule has 0 bridgehead atoms. The van der Waals surface area contributed by atoms with Crippen LogP contribution in [0.1, 0.15) is 16.1 Å². The SMILES string of the molecule is COCCN(CC(=O)Nc1nc(CC(=O)NCCN2CCOCC2)cs1)C(=O)c1ccccc1. The summed E-state index contributed by atoms with van der Waals surface area (Å²) in [6.07, 6.45) is 0.141. The predicted octanol–water partition coefficient (Wildman–Crippen LogP) is 0.861. The van der Waals surface area contributed by atoms with E-state index in [1.165, 1.54) is 16.2 Å². The van der Waals surface area contributed by atoms with Crippen LogP contribution in [0.2, 0.25) is 0 Å². The topological polar surface area (TPSA) is 113 Å².